The van der Waals surface area contributed by atoms with Crippen molar-refractivity contribution in [1.29, 1.82) is 5.26 Å². The van der Waals surface area contributed by atoms with Crippen LogP contribution in [-0.2, 0) is 0 Å². The Hall–Kier alpha value is -1.53. The average molecular weight is 229 g/mol. The minimum absolute atomic E-state index is 0.450. The molecule has 0 radical (unpaired) electrons. The van der Waals surface area contributed by atoms with Gasteiger partial charge in [0.25, 0.3) is 0 Å². The summed E-state index contributed by atoms with van der Waals surface area (Å²) < 4.78 is 0. The molecule has 1 aromatic carbocycles. The van der Waals surface area contributed by atoms with Crippen LogP contribution in [0.25, 0.3) is 0 Å². The number of aryl methyl sites for hydroxylation is 2. The van der Waals surface area contributed by atoms with Crippen molar-refractivity contribution in [3.8, 4) is 6.07 Å². The lowest BCUT2D eigenvalue weighted by atomic mass is 10.1. The number of nitriles is 1. The molecule has 1 aliphatic rings. The highest BCUT2D eigenvalue weighted by Gasteiger charge is 2.22. The van der Waals surface area contributed by atoms with E-state index in [-0.39, 0.29) is 0 Å². The third-order valence-electron chi connectivity index (χ3n) is 3.23. The fraction of sp³-hybridized carbons (Fsp3) is 0.500. The van der Waals surface area contributed by atoms with Crippen molar-refractivity contribution in [2.75, 3.05) is 24.5 Å². The van der Waals surface area contributed by atoms with Crippen molar-refractivity contribution in [3.63, 3.8) is 0 Å². The molecule has 1 heterocycles. The van der Waals surface area contributed by atoms with Crippen LogP contribution in [0.3, 0.4) is 0 Å². The molecule has 1 fully saturated rings. The zero-order valence-electron chi connectivity index (χ0n) is 10.5. The van der Waals surface area contributed by atoms with E-state index in [1.54, 1.807) is 0 Å². The molecule has 3 heteroatoms. The van der Waals surface area contributed by atoms with Gasteiger partial charge < -0.3 is 4.90 Å². The van der Waals surface area contributed by atoms with Crippen LogP contribution < -0.4 is 10.2 Å². The van der Waals surface area contributed by atoms with Crippen LogP contribution in [-0.4, -0.2) is 25.7 Å². The van der Waals surface area contributed by atoms with Crippen LogP contribution in [0.1, 0.15) is 17.5 Å². The molecule has 1 unspecified atom stereocenters. The summed E-state index contributed by atoms with van der Waals surface area (Å²) in [5.74, 6) is 0. The Morgan fingerprint density at radius 2 is 2.06 bits per heavy atom. The first-order chi connectivity index (χ1) is 8.19. The second-order valence-corrected chi connectivity index (χ2v) is 4.82. The van der Waals surface area contributed by atoms with Crippen molar-refractivity contribution >= 4 is 5.69 Å². The van der Waals surface area contributed by atoms with E-state index < -0.39 is 0 Å². The van der Waals surface area contributed by atoms with Crippen LogP contribution in [0, 0.1) is 25.2 Å². The zero-order chi connectivity index (χ0) is 12.3. The molecular weight excluding hydrogens is 210 g/mol. The van der Waals surface area contributed by atoms with Gasteiger partial charge in [-0.2, -0.15) is 5.26 Å². The fourth-order valence-electron chi connectivity index (χ4n) is 2.48. The molecule has 90 valence electrons. The number of rotatable bonds is 3. The molecule has 0 aromatic heterocycles. The fourth-order valence-corrected chi connectivity index (χ4v) is 2.48. The summed E-state index contributed by atoms with van der Waals surface area (Å²) in [6.07, 6.45) is 1.12. The molecule has 1 atom stereocenters. The molecule has 0 bridgehead atoms. The predicted molar refractivity (Wildman–Crippen MR) is 70.1 cm³/mol. The first-order valence-corrected chi connectivity index (χ1v) is 6.12. The average Bonchev–Trinajstić information content (AvgIpc) is 2.73. The van der Waals surface area contributed by atoms with Crippen LogP contribution in [0.15, 0.2) is 18.2 Å². The number of hydrogen-bond donors (Lipinski definition) is 1. The Balaban J connectivity index is 2.02. The molecule has 2 rings (SSSR count). The number of nitrogens with zero attached hydrogens (tertiary/aromatic N) is 2. The maximum atomic E-state index is 8.56. The topological polar surface area (TPSA) is 39.1 Å². The van der Waals surface area contributed by atoms with Gasteiger partial charge in [-0.3, -0.25) is 5.32 Å². The number of anilines is 1. The molecule has 0 saturated carbocycles. The lowest BCUT2D eigenvalue weighted by Crippen LogP contribution is -2.32. The van der Waals surface area contributed by atoms with E-state index in [0.717, 1.165) is 19.5 Å². The summed E-state index contributed by atoms with van der Waals surface area (Å²) in [6.45, 7) is 6.80. The highest BCUT2D eigenvalue weighted by Crippen LogP contribution is 2.22. The Bertz CT molecular complexity index is 413. The Morgan fingerprint density at radius 3 is 2.71 bits per heavy atom. The van der Waals surface area contributed by atoms with Crippen LogP contribution >= 0.6 is 0 Å². The van der Waals surface area contributed by atoms with E-state index in [0.29, 0.717) is 12.6 Å². The monoisotopic (exact) mass is 229 g/mol. The second-order valence-electron chi connectivity index (χ2n) is 4.82. The minimum atomic E-state index is 0.450. The van der Waals surface area contributed by atoms with Crippen molar-refractivity contribution in [1.82, 2.24) is 5.32 Å². The summed E-state index contributed by atoms with van der Waals surface area (Å²) in [6, 6.07) is 9.26. The summed E-state index contributed by atoms with van der Waals surface area (Å²) in [4.78, 5) is 2.40. The van der Waals surface area contributed by atoms with E-state index >= 15 is 0 Å². The molecule has 0 aliphatic carbocycles. The van der Waals surface area contributed by atoms with Crippen molar-refractivity contribution in [2.45, 2.75) is 26.3 Å². The van der Waals surface area contributed by atoms with Gasteiger partial charge in [0, 0.05) is 24.8 Å². The normalized spacial score (nSPS) is 19.4. The van der Waals surface area contributed by atoms with Gasteiger partial charge in [0.1, 0.15) is 0 Å². The molecular formula is C14H19N3. The smallest absolute Gasteiger partial charge is 0.0843 e. The maximum absolute atomic E-state index is 8.56. The highest BCUT2D eigenvalue weighted by molar-refractivity contribution is 5.51. The summed E-state index contributed by atoms with van der Waals surface area (Å²) >= 11 is 0. The van der Waals surface area contributed by atoms with Gasteiger partial charge >= 0.3 is 0 Å². The van der Waals surface area contributed by atoms with E-state index in [2.05, 4.69) is 48.3 Å². The van der Waals surface area contributed by atoms with Gasteiger partial charge in [-0.1, -0.05) is 6.07 Å². The third-order valence-corrected chi connectivity index (χ3v) is 3.23. The van der Waals surface area contributed by atoms with Gasteiger partial charge in [0.05, 0.1) is 12.6 Å². The standard InChI is InChI=1S/C14H19N3/c1-11-7-12(2)9-14(8-11)17-6-3-13(10-17)16-5-4-15/h7-9,13,16H,3,5-6,10H2,1-2H3. The van der Waals surface area contributed by atoms with Gasteiger partial charge in [-0.15, -0.1) is 0 Å². The number of hydrogen-bond acceptors (Lipinski definition) is 3. The quantitative estimate of drug-likeness (QED) is 0.806. The van der Waals surface area contributed by atoms with E-state index in [1.807, 2.05) is 0 Å². The molecule has 1 N–H and O–H groups in total. The molecule has 1 aromatic rings. The van der Waals surface area contributed by atoms with Gasteiger partial charge in [-0.25, -0.2) is 0 Å². The summed E-state index contributed by atoms with van der Waals surface area (Å²) in [5, 5.41) is 11.8. The molecule has 17 heavy (non-hydrogen) atoms. The van der Waals surface area contributed by atoms with Crippen molar-refractivity contribution < 1.29 is 0 Å². The highest BCUT2D eigenvalue weighted by atomic mass is 15.2. The van der Waals surface area contributed by atoms with Crippen molar-refractivity contribution in [2.24, 2.45) is 0 Å². The first-order valence-electron chi connectivity index (χ1n) is 6.12. The van der Waals surface area contributed by atoms with Crippen molar-refractivity contribution in [3.05, 3.63) is 29.3 Å². The van der Waals surface area contributed by atoms with Crippen LogP contribution in [0.4, 0.5) is 5.69 Å². The SMILES string of the molecule is Cc1cc(C)cc(N2CCC(NCC#N)C2)c1. The Morgan fingerprint density at radius 1 is 1.35 bits per heavy atom. The Kier molecular flexibility index (Phi) is 3.65. The third kappa shape index (κ3) is 2.98. The summed E-state index contributed by atoms with van der Waals surface area (Å²) in [7, 11) is 0. The Labute approximate surface area is 103 Å². The minimum Gasteiger partial charge on any atom is -0.370 e. The lowest BCUT2D eigenvalue weighted by Gasteiger charge is -2.20. The molecule has 1 aliphatic heterocycles. The van der Waals surface area contributed by atoms with E-state index in [9.17, 15) is 0 Å². The molecule has 3 nitrogen and oxygen atoms in total. The molecule has 0 spiro atoms. The maximum Gasteiger partial charge on any atom is 0.0843 e. The van der Waals surface area contributed by atoms with Gasteiger partial charge in [0.15, 0.2) is 0 Å². The largest absolute Gasteiger partial charge is 0.370 e. The van der Waals surface area contributed by atoms with E-state index in [4.69, 9.17) is 5.26 Å². The van der Waals surface area contributed by atoms with Gasteiger partial charge in [-0.05, 0) is 43.5 Å². The molecule has 0 amide bonds. The second kappa shape index (κ2) is 5.20. The first kappa shape index (κ1) is 11.9. The number of benzene rings is 1. The van der Waals surface area contributed by atoms with E-state index in [1.165, 1.54) is 16.8 Å². The predicted octanol–water partition coefficient (Wildman–Crippen LogP) is 2.00. The summed E-state index contributed by atoms with van der Waals surface area (Å²) in [5.41, 5.74) is 3.94. The lowest BCUT2D eigenvalue weighted by molar-refractivity contribution is 0.591. The van der Waals surface area contributed by atoms with Gasteiger partial charge in [0.2, 0.25) is 0 Å². The zero-order valence-corrected chi connectivity index (χ0v) is 10.5. The van der Waals surface area contributed by atoms with Crippen LogP contribution in [0.5, 0.6) is 0 Å². The van der Waals surface area contributed by atoms with Crippen LogP contribution in [0.2, 0.25) is 0 Å². The number of nitrogens with one attached hydrogen (secondary N) is 1. The molecule has 1 saturated heterocycles.